The van der Waals surface area contributed by atoms with Gasteiger partial charge in [0.1, 0.15) is 17.1 Å². The zero-order valence-electron chi connectivity index (χ0n) is 13.3. The molecular weight excluding hydrogens is 316 g/mol. The van der Waals surface area contributed by atoms with Crippen LogP contribution in [0.3, 0.4) is 0 Å². The Kier molecular flexibility index (Phi) is 4.88. The number of aromatic nitrogens is 2. The van der Waals surface area contributed by atoms with Gasteiger partial charge in [-0.3, -0.25) is 19.1 Å². The summed E-state index contributed by atoms with van der Waals surface area (Å²) in [5, 5.41) is 9.85. The molecule has 2 rings (SSSR count). The van der Waals surface area contributed by atoms with Gasteiger partial charge in [0.2, 0.25) is 5.88 Å². The average molecular weight is 332 g/mol. The fourth-order valence-electron chi connectivity index (χ4n) is 2.05. The number of allylic oxidation sites excluding steroid dienone is 1. The summed E-state index contributed by atoms with van der Waals surface area (Å²) >= 11 is 0. The number of benzene rings is 1. The predicted molar refractivity (Wildman–Crippen MR) is 86.9 cm³/mol. The van der Waals surface area contributed by atoms with E-state index in [9.17, 15) is 19.5 Å². The molecule has 0 saturated heterocycles. The fraction of sp³-hybridized carbons (Fsp3) is 0.188. The number of hydrogen-bond donors (Lipinski definition) is 2. The molecule has 0 amide bonds. The van der Waals surface area contributed by atoms with Crippen molar-refractivity contribution >= 4 is 11.9 Å². The quantitative estimate of drug-likeness (QED) is 0.616. The van der Waals surface area contributed by atoms with Crippen LogP contribution in [-0.2, 0) is 7.05 Å². The predicted octanol–water partition coefficient (Wildman–Crippen LogP) is 0.693. The van der Waals surface area contributed by atoms with Crippen LogP contribution in [0.5, 0.6) is 17.4 Å². The zero-order chi connectivity index (χ0) is 17.9. The number of carbonyl (C=O) groups excluding carboxylic acids is 1. The van der Waals surface area contributed by atoms with Crippen molar-refractivity contribution in [2.24, 2.45) is 7.05 Å². The summed E-state index contributed by atoms with van der Waals surface area (Å²) in [7, 11) is 4.21. The number of H-pyrrole nitrogens is 1. The van der Waals surface area contributed by atoms with E-state index in [0.29, 0.717) is 17.1 Å². The van der Waals surface area contributed by atoms with Gasteiger partial charge in [0.15, 0.2) is 5.78 Å². The highest BCUT2D eigenvalue weighted by Gasteiger charge is 2.17. The first kappa shape index (κ1) is 17.1. The number of rotatable bonds is 5. The second-order valence-electron chi connectivity index (χ2n) is 4.82. The number of ether oxygens (including phenoxy) is 2. The highest BCUT2D eigenvalue weighted by molar-refractivity contribution is 6.08. The summed E-state index contributed by atoms with van der Waals surface area (Å²) in [5.41, 5.74) is -1.74. The minimum Gasteiger partial charge on any atom is -0.497 e. The van der Waals surface area contributed by atoms with Gasteiger partial charge in [-0.05, 0) is 30.4 Å². The van der Waals surface area contributed by atoms with Crippen LogP contribution < -0.4 is 20.7 Å². The van der Waals surface area contributed by atoms with Crippen molar-refractivity contribution < 1.29 is 19.4 Å². The van der Waals surface area contributed by atoms with Crippen molar-refractivity contribution in [2.75, 3.05) is 14.2 Å². The highest BCUT2D eigenvalue weighted by atomic mass is 16.5. The Morgan fingerprint density at radius 3 is 2.58 bits per heavy atom. The molecule has 24 heavy (non-hydrogen) atoms. The number of carbonyl (C=O) groups is 1. The van der Waals surface area contributed by atoms with E-state index < -0.39 is 28.5 Å². The first-order valence-corrected chi connectivity index (χ1v) is 6.85. The van der Waals surface area contributed by atoms with Gasteiger partial charge < -0.3 is 14.6 Å². The standard InChI is InChI=1S/C16H16N2O6/c1-18-15(21)13(14(20)17-16(18)22)11(19)6-4-9-8-10(23-2)5-7-12(9)24-3/h4-8,21H,1-3H3,(H,17,20,22)/b6-4+. The molecule has 126 valence electrons. The molecule has 1 aromatic heterocycles. The van der Waals surface area contributed by atoms with E-state index in [0.717, 1.165) is 10.6 Å². The van der Waals surface area contributed by atoms with Crippen LogP contribution in [-0.4, -0.2) is 34.7 Å². The normalized spacial score (nSPS) is 10.8. The second kappa shape index (κ2) is 6.86. The van der Waals surface area contributed by atoms with Crippen molar-refractivity contribution in [2.45, 2.75) is 0 Å². The van der Waals surface area contributed by atoms with Crippen molar-refractivity contribution in [3.63, 3.8) is 0 Å². The number of nitrogens with zero attached hydrogens (tertiary/aromatic N) is 1. The third kappa shape index (κ3) is 3.22. The Morgan fingerprint density at radius 2 is 1.96 bits per heavy atom. The number of methoxy groups -OCH3 is 2. The molecule has 2 N–H and O–H groups in total. The summed E-state index contributed by atoms with van der Waals surface area (Å²) in [6.07, 6.45) is 2.53. The molecular formula is C16H16N2O6. The molecule has 0 unspecified atom stereocenters. The van der Waals surface area contributed by atoms with Crippen molar-refractivity contribution in [3.8, 4) is 17.4 Å². The van der Waals surface area contributed by atoms with Crippen LogP contribution in [0.4, 0.5) is 0 Å². The average Bonchev–Trinajstić information content (AvgIpc) is 2.57. The molecule has 0 aliphatic carbocycles. The summed E-state index contributed by atoms with van der Waals surface area (Å²) in [4.78, 5) is 37.3. The lowest BCUT2D eigenvalue weighted by Crippen LogP contribution is -2.32. The van der Waals surface area contributed by atoms with Gasteiger partial charge in [0.25, 0.3) is 5.56 Å². The van der Waals surface area contributed by atoms with E-state index in [-0.39, 0.29) is 0 Å². The van der Waals surface area contributed by atoms with Crippen molar-refractivity contribution in [1.29, 1.82) is 0 Å². The molecule has 0 aliphatic heterocycles. The van der Waals surface area contributed by atoms with E-state index in [4.69, 9.17) is 9.47 Å². The van der Waals surface area contributed by atoms with Gasteiger partial charge in [0, 0.05) is 12.6 Å². The topological polar surface area (TPSA) is 111 Å². The van der Waals surface area contributed by atoms with Crippen LogP contribution in [0.25, 0.3) is 6.08 Å². The van der Waals surface area contributed by atoms with E-state index in [2.05, 4.69) is 0 Å². The molecule has 1 aromatic carbocycles. The summed E-state index contributed by atoms with van der Waals surface area (Å²) in [5.74, 6) is -0.394. The Balaban J connectivity index is 2.44. The zero-order valence-corrected chi connectivity index (χ0v) is 13.3. The molecule has 8 heteroatoms. The third-order valence-electron chi connectivity index (χ3n) is 3.39. The Bertz CT molecular complexity index is 923. The van der Waals surface area contributed by atoms with E-state index in [1.807, 2.05) is 4.98 Å². The van der Waals surface area contributed by atoms with Gasteiger partial charge in [-0.1, -0.05) is 0 Å². The number of aromatic hydroxyl groups is 1. The van der Waals surface area contributed by atoms with E-state index in [1.165, 1.54) is 27.3 Å². The SMILES string of the molecule is COc1ccc(OC)c(/C=C/C(=O)c2c(O)n(C)c(=O)[nH]c2=O)c1. The molecule has 8 nitrogen and oxygen atoms in total. The Morgan fingerprint density at radius 1 is 1.25 bits per heavy atom. The first-order valence-electron chi connectivity index (χ1n) is 6.85. The summed E-state index contributed by atoms with van der Waals surface area (Å²) < 4.78 is 11.1. The highest BCUT2D eigenvalue weighted by Crippen LogP contribution is 2.25. The van der Waals surface area contributed by atoms with Gasteiger partial charge in [-0.15, -0.1) is 0 Å². The number of ketones is 1. The Labute approximate surface area is 136 Å². The second-order valence-corrected chi connectivity index (χ2v) is 4.82. The fourth-order valence-corrected chi connectivity index (χ4v) is 2.05. The van der Waals surface area contributed by atoms with Crippen LogP contribution in [0.15, 0.2) is 33.9 Å². The largest absolute Gasteiger partial charge is 0.497 e. The van der Waals surface area contributed by atoms with Gasteiger partial charge in [-0.2, -0.15) is 0 Å². The summed E-state index contributed by atoms with van der Waals surface area (Å²) in [6.45, 7) is 0. The third-order valence-corrected chi connectivity index (χ3v) is 3.39. The van der Waals surface area contributed by atoms with E-state index >= 15 is 0 Å². The maximum absolute atomic E-state index is 12.2. The van der Waals surface area contributed by atoms with E-state index in [1.54, 1.807) is 18.2 Å². The van der Waals surface area contributed by atoms with Crippen LogP contribution in [0, 0.1) is 0 Å². The lowest BCUT2D eigenvalue weighted by Gasteiger charge is -2.07. The number of nitrogens with one attached hydrogen (secondary N) is 1. The molecule has 2 aromatic rings. The molecule has 1 heterocycles. The minimum atomic E-state index is -0.956. The number of hydrogen-bond acceptors (Lipinski definition) is 6. The summed E-state index contributed by atoms with van der Waals surface area (Å²) in [6, 6.07) is 5.01. The van der Waals surface area contributed by atoms with Gasteiger partial charge in [0.05, 0.1) is 14.2 Å². The van der Waals surface area contributed by atoms with Gasteiger partial charge in [-0.25, -0.2) is 4.79 Å². The maximum atomic E-state index is 12.2. The van der Waals surface area contributed by atoms with Crippen LogP contribution in [0.2, 0.25) is 0 Å². The lowest BCUT2D eigenvalue weighted by atomic mass is 10.1. The monoisotopic (exact) mass is 332 g/mol. The van der Waals surface area contributed by atoms with Crippen molar-refractivity contribution in [3.05, 3.63) is 56.2 Å². The smallest absolute Gasteiger partial charge is 0.330 e. The lowest BCUT2D eigenvalue weighted by molar-refractivity contribution is 0.104. The molecule has 0 atom stereocenters. The Hall–Kier alpha value is -3.29. The minimum absolute atomic E-state index is 0.499. The molecule has 0 bridgehead atoms. The molecule has 0 fully saturated rings. The molecule has 0 aliphatic rings. The number of aromatic amines is 1. The van der Waals surface area contributed by atoms with Crippen LogP contribution in [0.1, 0.15) is 15.9 Å². The maximum Gasteiger partial charge on any atom is 0.330 e. The van der Waals surface area contributed by atoms with Crippen molar-refractivity contribution in [1.82, 2.24) is 9.55 Å². The molecule has 0 saturated carbocycles. The first-order chi connectivity index (χ1) is 11.4. The van der Waals surface area contributed by atoms with Gasteiger partial charge >= 0.3 is 5.69 Å². The van der Waals surface area contributed by atoms with Crippen LogP contribution >= 0.6 is 0 Å². The molecule has 0 radical (unpaired) electrons. The molecule has 0 spiro atoms.